The molecule has 1 aliphatic heterocycles. The van der Waals surface area contributed by atoms with Crippen molar-refractivity contribution in [1.82, 2.24) is 0 Å². The van der Waals surface area contributed by atoms with Gasteiger partial charge in [0.25, 0.3) is 0 Å². The number of hydrogen-bond donors (Lipinski definition) is 0. The van der Waals surface area contributed by atoms with E-state index in [0.29, 0.717) is 12.2 Å². The molecule has 3 fully saturated rings. The molecule has 5 unspecified atom stereocenters. The van der Waals surface area contributed by atoms with Gasteiger partial charge in [-0.05, 0) is 76.0 Å². The van der Waals surface area contributed by atoms with Crippen molar-refractivity contribution in [3.8, 4) is 6.07 Å². The first-order valence-corrected chi connectivity index (χ1v) is 14.0. The molecule has 0 aromatic rings. The fourth-order valence-corrected chi connectivity index (χ4v) is 6.32. The summed E-state index contributed by atoms with van der Waals surface area (Å²) in [6, 6.07) is 2.57. The molecule has 3 heteroatoms. The molecule has 31 heavy (non-hydrogen) atoms. The molecule has 0 N–H and O–H groups in total. The van der Waals surface area contributed by atoms with Crippen LogP contribution < -0.4 is 0 Å². The Morgan fingerprint density at radius 1 is 0.710 bits per heavy atom. The quantitative estimate of drug-likeness (QED) is 0.205. The van der Waals surface area contributed by atoms with Gasteiger partial charge in [0.05, 0.1) is 18.3 Å². The van der Waals surface area contributed by atoms with Crippen molar-refractivity contribution in [2.45, 2.75) is 154 Å². The minimum atomic E-state index is 0.0261. The van der Waals surface area contributed by atoms with E-state index < -0.39 is 0 Å². The zero-order valence-corrected chi connectivity index (χ0v) is 20.4. The van der Waals surface area contributed by atoms with Crippen LogP contribution in [0.15, 0.2) is 0 Å². The molecule has 0 amide bonds. The van der Waals surface area contributed by atoms with Crippen LogP contribution in [0.25, 0.3) is 0 Å². The van der Waals surface area contributed by atoms with Crippen molar-refractivity contribution in [2.75, 3.05) is 0 Å². The molecule has 5 atom stereocenters. The third-order valence-corrected chi connectivity index (χ3v) is 8.33. The molecule has 3 aliphatic rings. The second-order valence-electron chi connectivity index (χ2n) is 10.8. The van der Waals surface area contributed by atoms with Crippen LogP contribution >= 0.6 is 0 Å². The van der Waals surface area contributed by atoms with Crippen molar-refractivity contribution in [3.63, 3.8) is 0 Å². The van der Waals surface area contributed by atoms with Gasteiger partial charge in [-0.25, -0.2) is 0 Å². The standard InChI is InChI=1S/C28H49NO2/c1-2-3-4-5-6-7-9-13-23(22-29)14-10-8-11-17-28-30-26-20-21-27(31-28)25-16-12-15-24(26)18-19-25/h23-28H,2-21H2,1H3. The van der Waals surface area contributed by atoms with Gasteiger partial charge in [0.1, 0.15) is 0 Å². The average Bonchev–Trinajstić information content (AvgIpc) is 3.10. The van der Waals surface area contributed by atoms with Crippen LogP contribution in [0, 0.1) is 29.1 Å². The minimum absolute atomic E-state index is 0.0261. The van der Waals surface area contributed by atoms with Gasteiger partial charge in [-0.15, -0.1) is 0 Å². The van der Waals surface area contributed by atoms with Crippen molar-refractivity contribution in [3.05, 3.63) is 0 Å². The fourth-order valence-electron chi connectivity index (χ4n) is 6.32. The van der Waals surface area contributed by atoms with Gasteiger partial charge in [0, 0.05) is 5.92 Å². The first kappa shape index (κ1) is 25.0. The highest BCUT2D eigenvalue weighted by Crippen LogP contribution is 2.42. The molecule has 0 spiro atoms. The topological polar surface area (TPSA) is 42.2 Å². The molecule has 3 rings (SSSR count). The molecule has 2 aliphatic carbocycles. The lowest BCUT2D eigenvalue weighted by Crippen LogP contribution is -2.29. The molecule has 3 nitrogen and oxygen atoms in total. The minimum Gasteiger partial charge on any atom is -0.349 e. The van der Waals surface area contributed by atoms with E-state index in [1.54, 1.807) is 0 Å². The van der Waals surface area contributed by atoms with E-state index in [1.165, 1.54) is 109 Å². The van der Waals surface area contributed by atoms with Gasteiger partial charge in [0.2, 0.25) is 0 Å². The average molecular weight is 432 g/mol. The monoisotopic (exact) mass is 431 g/mol. The van der Waals surface area contributed by atoms with E-state index in [0.717, 1.165) is 31.1 Å². The second kappa shape index (κ2) is 14.5. The number of fused-ring (bicyclic) bond motifs is 8. The normalized spacial score (nSPS) is 31.4. The SMILES string of the molecule is CCCCCCCCCC(C#N)CCCCCC1OC2CCC(O1)C1CCCC2CC1. The lowest BCUT2D eigenvalue weighted by Gasteiger charge is -2.28. The Balaban J connectivity index is 1.27. The number of hydrogen-bond acceptors (Lipinski definition) is 3. The maximum absolute atomic E-state index is 9.50. The van der Waals surface area contributed by atoms with E-state index in [9.17, 15) is 5.26 Å². The summed E-state index contributed by atoms with van der Waals surface area (Å²) < 4.78 is 13.0. The largest absolute Gasteiger partial charge is 0.349 e. The van der Waals surface area contributed by atoms with E-state index in [4.69, 9.17) is 9.47 Å². The first-order valence-electron chi connectivity index (χ1n) is 14.0. The number of nitrogens with zero attached hydrogens (tertiary/aromatic N) is 1. The second-order valence-corrected chi connectivity index (χ2v) is 10.8. The van der Waals surface area contributed by atoms with Crippen molar-refractivity contribution in [1.29, 1.82) is 5.26 Å². The first-order chi connectivity index (χ1) is 15.3. The Kier molecular flexibility index (Phi) is 11.7. The predicted octanol–water partition coefficient (Wildman–Crippen LogP) is 8.32. The van der Waals surface area contributed by atoms with Crippen LogP contribution in [-0.2, 0) is 9.47 Å². The molecule has 178 valence electrons. The molecule has 2 saturated carbocycles. The van der Waals surface area contributed by atoms with Crippen molar-refractivity contribution < 1.29 is 9.47 Å². The lowest BCUT2D eigenvalue weighted by atomic mass is 9.84. The maximum Gasteiger partial charge on any atom is 0.158 e. The van der Waals surface area contributed by atoms with Crippen molar-refractivity contribution >= 4 is 0 Å². The molecular formula is C28H49NO2. The number of ether oxygens (including phenoxy) is 2. The summed E-state index contributed by atoms with van der Waals surface area (Å²) in [7, 11) is 0. The fraction of sp³-hybridized carbons (Fsp3) is 0.964. The van der Waals surface area contributed by atoms with Crippen LogP contribution in [0.1, 0.15) is 135 Å². The lowest BCUT2D eigenvalue weighted by molar-refractivity contribution is -0.193. The molecule has 1 saturated heterocycles. The van der Waals surface area contributed by atoms with Crippen LogP contribution in [0.5, 0.6) is 0 Å². The zero-order chi connectivity index (χ0) is 21.7. The van der Waals surface area contributed by atoms with Crippen LogP contribution in [-0.4, -0.2) is 18.5 Å². The Morgan fingerprint density at radius 3 is 1.84 bits per heavy atom. The number of rotatable bonds is 14. The Morgan fingerprint density at radius 2 is 1.26 bits per heavy atom. The Bertz CT molecular complexity index is 494. The summed E-state index contributed by atoms with van der Waals surface area (Å²) in [5.74, 6) is 1.82. The van der Waals surface area contributed by atoms with E-state index in [2.05, 4.69) is 13.0 Å². The summed E-state index contributed by atoms with van der Waals surface area (Å²) in [4.78, 5) is 0. The maximum atomic E-state index is 9.50. The predicted molar refractivity (Wildman–Crippen MR) is 128 cm³/mol. The van der Waals surface area contributed by atoms with Gasteiger partial charge < -0.3 is 9.47 Å². The Labute approximate surface area is 192 Å². The van der Waals surface area contributed by atoms with Crippen molar-refractivity contribution in [2.24, 2.45) is 17.8 Å². The van der Waals surface area contributed by atoms with Gasteiger partial charge in [0.15, 0.2) is 6.29 Å². The summed E-state index contributed by atoms with van der Waals surface area (Å²) >= 11 is 0. The smallest absolute Gasteiger partial charge is 0.158 e. The van der Waals surface area contributed by atoms with E-state index >= 15 is 0 Å². The highest BCUT2D eigenvalue weighted by Gasteiger charge is 2.39. The highest BCUT2D eigenvalue weighted by molar-refractivity contribution is 4.87. The molecular weight excluding hydrogens is 382 g/mol. The molecule has 0 aromatic carbocycles. The third kappa shape index (κ3) is 8.70. The van der Waals surface area contributed by atoms with Gasteiger partial charge in [-0.2, -0.15) is 5.26 Å². The summed E-state index contributed by atoms with van der Waals surface area (Å²) in [5.41, 5.74) is 0. The van der Waals surface area contributed by atoms with E-state index in [1.807, 2.05) is 0 Å². The highest BCUT2D eigenvalue weighted by atomic mass is 16.7. The van der Waals surface area contributed by atoms with Crippen LogP contribution in [0.3, 0.4) is 0 Å². The van der Waals surface area contributed by atoms with E-state index in [-0.39, 0.29) is 12.2 Å². The van der Waals surface area contributed by atoms with Gasteiger partial charge in [-0.1, -0.05) is 71.1 Å². The summed E-state index contributed by atoms with van der Waals surface area (Å²) in [5, 5.41) is 9.50. The summed E-state index contributed by atoms with van der Waals surface area (Å²) in [6.45, 7) is 2.27. The van der Waals surface area contributed by atoms with Crippen LogP contribution in [0.2, 0.25) is 0 Å². The zero-order valence-electron chi connectivity index (χ0n) is 20.4. The molecule has 1 heterocycles. The molecule has 0 radical (unpaired) electrons. The summed E-state index contributed by atoms with van der Waals surface area (Å²) in [6.07, 6.45) is 26.3. The van der Waals surface area contributed by atoms with Crippen LogP contribution in [0.4, 0.5) is 0 Å². The molecule has 4 bridgehead atoms. The molecule has 0 aromatic heterocycles. The third-order valence-electron chi connectivity index (χ3n) is 8.33. The Hall–Kier alpha value is -0.590. The van der Waals surface area contributed by atoms with Gasteiger partial charge >= 0.3 is 0 Å². The number of unbranched alkanes of at least 4 members (excludes halogenated alkanes) is 8. The van der Waals surface area contributed by atoms with Gasteiger partial charge in [-0.3, -0.25) is 0 Å². The number of nitriles is 1.